The monoisotopic (exact) mass is 216 g/mol. The molecule has 0 unspecified atom stereocenters. The number of carboxylic acids is 1. The molecule has 0 saturated carbocycles. The molecule has 0 radical (unpaired) electrons. The Morgan fingerprint density at radius 3 is 2.88 bits per heavy atom. The number of rotatable bonds is 1. The maximum atomic E-state index is 10.9. The van der Waals surface area contributed by atoms with Gasteiger partial charge in [-0.15, -0.1) is 0 Å². The van der Waals surface area contributed by atoms with Crippen molar-refractivity contribution in [3.05, 3.63) is 29.3 Å². The Bertz CT molecular complexity index is 504. The number of benzene rings is 1. The second-order valence-corrected chi connectivity index (χ2v) is 4.34. The van der Waals surface area contributed by atoms with Gasteiger partial charge in [-0.05, 0) is 30.7 Å². The van der Waals surface area contributed by atoms with Crippen LogP contribution < -0.4 is 4.90 Å². The van der Waals surface area contributed by atoms with E-state index in [9.17, 15) is 10.1 Å². The molecule has 1 N–H and O–H groups in total. The second kappa shape index (κ2) is 3.24. The molecular weight excluding hydrogens is 204 g/mol. The van der Waals surface area contributed by atoms with Crippen molar-refractivity contribution in [3.8, 4) is 6.07 Å². The third-order valence-electron chi connectivity index (χ3n) is 3.05. The molecule has 82 valence electrons. The molecule has 1 aromatic rings. The van der Waals surface area contributed by atoms with Crippen LogP contribution in [0.15, 0.2) is 18.2 Å². The van der Waals surface area contributed by atoms with Crippen molar-refractivity contribution in [3.63, 3.8) is 0 Å². The van der Waals surface area contributed by atoms with Gasteiger partial charge in [-0.1, -0.05) is 0 Å². The van der Waals surface area contributed by atoms with E-state index in [1.165, 1.54) is 0 Å². The van der Waals surface area contributed by atoms with Gasteiger partial charge in [-0.3, -0.25) is 0 Å². The standard InChI is InChI=1S/C12H12N2O2/c1-12(6-13)7-14(2)10-4-3-8(11(15)16)5-9(10)12/h3-5H,7H2,1-2H3,(H,15,16)/t12-/m1/s1. The fourth-order valence-electron chi connectivity index (χ4n) is 2.18. The number of hydrogen-bond acceptors (Lipinski definition) is 3. The summed E-state index contributed by atoms with van der Waals surface area (Å²) in [5.74, 6) is -0.961. The van der Waals surface area contributed by atoms with Crippen LogP contribution in [0, 0.1) is 11.3 Å². The van der Waals surface area contributed by atoms with Crippen LogP contribution in [-0.4, -0.2) is 24.7 Å². The molecule has 1 atom stereocenters. The van der Waals surface area contributed by atoms with Crippen LogP contribution >= 0.6 is 0 Å². The molecule has 4 nitrogen and oxygen atoms in total. The van der Waals surface area contributed by atoms with Crippen LogP contribution in [0.5, 0.6) is 0 Å². The molecule has 16 heavy (non-hydrogen) atoms. The first kappa shape index (κ1) is 10.5. The maximum Gasteiger partial charge on any atom is 0.335 e. The van der Waals surface area contributed by atoms with Crippen LogP contribution in [-0.2, 0) is 5.41 Å². The van der Waals surface area contributed by atoms with Crippen molar-refractivity contribution in [2.45, 2.75) is 12.3 Å². The summed E-state index contributed by atoms with van der Waals surface area (Å²) in [7, 11) is 1.90. The Morgan fingerprint density at radius 2 is 2.31 bits per heavy atom. The molecule has 0 fully saturated rings. The van der Waals surface area contributed by atoms with Crippen LogP contribution in [0.25, 0.3) is 0 Å². The second-order valence-electron chi connectivity index (χ2n) is 4.34. The molecule has 2 rings (SSSR count). The summed E-state index contributed by atoms with van der Waals surface area (Å²) in [6.45, 7) is 2.43. The molecule has 0 aliphatic carbocycles. The third-order valence-corrected chi connectivity index (χ3v) is 3.05. The van der Waals surface area contributed by atoms with Gasteiger partial charge < -0.3 is 10.0 Å². The van der Waals surface area contributed by atoms with E-state index >= 15 is 0 Å². The highest BCUT2D eigenvalue weighted by atomic mass is 16.4. The molecule has 0 spiro atoms. The summed E-state index contributed by atoms with van der Waals surface area (Å²) in [6.07, 6.45) is 0. The molecule has 1 aromatic carbocycles. The van der Waals surface area contributed by atoms with Gasteiger partial charge in [0.05, 0.1) is 17.0 Å². The van der Waals surface area contributed by atoms with E-state index in [2.05, 4.69) is 6.07 Å². The van der Waals surface area contributed by atoms with Gasteiger partial charge in [0.2, 0.25) is 0 Å². The maximum absolute atomic E-state index is 10.9. The van der Waals surface area contributed by atoms with Crippen LogP contribution in [0.4, 0.5) is 5.69 Å². The molecule has 4 heteroatoms. The zero-order valence-corrected chi connectivity index (χ0v) is 9.19. The van der Waals surface area contributed by atoms with Gasteiger partial charge in [0.15, 0.2) is 0 Å². The van der Waals surface area contributed by atoms with E-state index in [4.69, 9.17) is 5.11 Å². The molecule has 1 aliphatic rings. The van der Waals surface area contributed by atoms with E-state index in [-0.39, 0.29) is 5.56 Å². The van der Waals surface area contributed by atoms with E-state index in [1.807, 2.05) is 18.9 Å². The zero-order valence-electron chi connectivity index (χ0n) is 9.19. The summed E-state index contributed by atoms with van der Waals surface area (Å²) in [5, 5.41) is 18.1. The Balaban J connectivity index is 2.62. The van der Waals surface area contributed by atoms with Gasteiger partial charge in [-0.25, -0.2) is 4.79 Å². The Kier molecular flexibility index (Phi) is 2.13. The molecule has 0 amide bonds. The highest BCUT2D eigenvalue weighted by Crippen LogP contribution is 2.39. The van der Waals surface area contributed by atoms with Gasteiger partial charge in [0.25, 0.3) is 0 Å². The quantitative estimate of drug-likeness (QED) is 0.774. The lowest BCUT2D eigenvalue weighted by molar-refractivity contribution is 0.0697. The molecule has 1 heterocycles. The van der Waals surface area contributed by atoms with Crippen molar-refractivity contribution in [2.24, 2.45) is 0 Å². The topological polar surface area (TPSA) is 64.3 Å². The van der Waals surface area contributed by atoms with Gasteiger partial charge in [0.1, 0.15) is 0 Å². The molecule has 1 aliphatic heterocycles. The number of carboxylic acid groups (broad SMARTS) is 1. The van der Waals surface area contributed by atoms with Gasteiger partial charge in [0, 0.05) is 19.3 Å². The molecular formula is C12H12N2O2. The highest BCUT2D eigenvalue weighted by molar-refractivity contribution is 5.89. The van der Waals surface area contributed by atoms with Crippen molar-refractivity contribution >= 4 is 11.7 Å². The van der Waals surface area contributed by atoms with Gasteiger partial charge in [-0.2, -0.15) is 5.26 Å². The highest BCUT2D eigenvalue weighted by Gasteiger charge is 2.38. The summed E-state index contributed by atoms with van der Waals surface area (Å²) in [4.78, 5) is 12.9. The van der Waals surface area contributed by atoms with E-state index in [0.29, 0.717) is 6.54 Å². The fourth-order valence-corrected chi connectivity index (χ4v) is 2.18. The van der Waals surface area contributed by atoms with Gasteiger partial charge >= 0.3 is 5.97 Å². The lowest BCUT2D eigenvalue weighted by Gasteiger charge is -2.15. The zero-order chi connectivity index (χ0) is 11.9. The summed E-state index contributed by atoms with van der Waals surface area (Å²) < 4.78 is 0. The molecule has 0 saturated heterocycles. The molecule has 0 aromatic heterocycles. The summed E-state index contributed by atoms with van der Waals surface area (Å²) in [6, 6.07) is 7.20. The average Bonchev–Trinajstić information content (AvgIpc) is 2.52. The minimum atomic E-state index is -0.961. The third kappa shape index (κ3) is 1.33. The predicted octanol–water partition coefficient (Wildman–Crippen LogP) is 1.62. The lowest BCUT2D eigenvalue weighted by atomic mass is 9.85. The lowest BCUT2D eigenvalue weighted by Crippen LogP contribution is -2.26. The Hall–Kier alpha value is -2.02. The first-order valence-electron chi connectivity index (χ1n) is 4.98. The first-order chi connectivity index (χ1) is 7.48. The van der Waals surface area contributed by atoms with Crippen LogP contribution in [0.2, 0.25) is 0 Å². The number of fused-ring (bicyclic) bond motifs is 1. The summed E-state index contributed by atoms with van der Waals surface area (Å²) in [5.41, 5.74) is 1.36. The number of anilines is 1. The Labute approximate surface area is 93.7 Å². The SMILES string of the molecule is CN1C[C@@](C)(C#N)c2cc(C(=O)O)ccc21. The normalized spacial score (nSPS) is 22.7. The van der Waals surface area contributed by atoms with Crippen molar-refractivity contribution in [1.82, 2.24) is 0 Å². The fraction of sp³-hybridized carbons (Fsp3) is 0.333. The first-order valence-corrected chi connectivity index (χ1v) is 4.98. The molecule has 0 bridgehead atoms. The minimum absolute atomic E-state index is 0.232. The van der Waals surface area contributed by atoms with E-state index < -0.39 is 11.4 Å². The van der Waals surface area contributed by atoms with E-state index in [1.54, 1.807) is 18.2 Å². The van der Waals surface area contributed by atoms with Crippen LogP contribution in [0.3, 0.4) is 0 Å². The average molecular weight is 216 g/mol. The van der Waals surface area contributed by atoms with Crippen molar-refractivity contribution in [1.29, 1.82) is 5.26 Å². The smallest absolute Gasteiger partial charge is 0.335 e. The number of carbonyl (C=O) groups is 1. The number of nitriles is 1. The van der Waals surface area contributed by atoms with Crippen LogP contribution in [0.1, 0.15) is 22.8 Å². The number of hydrogen-bond donors (Lipinski definition) is 1. The number of likely N-dealkylation sites (N-methyl/N-ethyl adjacent to an activating group) is 1. The largest absolute Gasteiger partial charge is 0.478 e. The van der Waals surface area contributed by atoms with Crippen molar-refractivity contribution < 1.29 is 9.90 Å². The number of nitrogens with zero attached hydrogens (tertiary/aromatic N) is 2. The van der Waals surface area contributed by atoms with Crippen molar-refractivity contribution in [2.75, 3.05) is 18.5 Å². The Morgan fingerprint density at radius 1 is 1.62 bits per heavy atom. The summed E-state index contributed by atoms with van der Waals surface area (Å²) >= 11 is 0. The number of aromatic carboxylic acids is 1. The van der Waals surface area contributed by atoms with E-state index in [0.717, 1.165) is 11.3 Å². The minimum Gasteiger partial charge on any atom is -0.478 e. The predicted molar refractivity (Wildman–Crippen MR) is 59.6 cm³/mol.